The van der Waals surface area contributed by atoms with Crippen molar-refractivity contribution in [3.8, 4) is 22.6 Å². The van der Waals surface area contributed by atoms with E-state index < -0.39 is 0 Å². The monoisotopic (exact) mass is 653 g/mol. The molecule has 11 rings (SSSR count). The number of hydrogen-bond donors (Lipinski definition) is 0. The number of nitrogens with zero attached hydrogens (tertiary/aromatic N) is 1. The van der Waals surface area contributed by atoms with Gasteiger partial charge in [-0.2, -0.15) is 0 Å². The second-order valence-corrected chi connectivity index (χ2v) is 18.1. The van der Waals surface area contributed by atoms with Crippen molar-refractivity contribution in [3.63, 3.8) is 0 Å². The molecule has 0 radical (unpaired) electrons. The number of benzene rings is 5. The second-order valence-electron chi connectivity index (χ2n) is 18.1. The number of rotatable bonds is 4. The maximum absolute atomic E-state index is 6.77. The minimum atomic E-state index is 0.0606. The van der Waals surface area contributed by atoms with Gasteiger partial charge in [-0.05, 0) is 149 Å². The van der Waals surface area contributed by atoms with E-state index in [1.807, 2.05) is 0 Å². The Labute approximate surface area is 297 Å². The molecular formula is C48H47NO. The van der Waals surface area contributed by atoms with Crippen LogP contribution in [-0.4, -0.2) is 0 Å². The zero-order chi connectivity index (χ0) is 33.6. The molecule has 1 heterocycles. The molecule has 0 saturated heterocycles. The number of anilines is 3. The van der Waals surface area contributed by atoms with Crippen LogP contribution < -0.4 is 9.64 Å². The molecular weight excluding hydrogens is 607 g/mol. The van der Waals surface area contributed by atoms with E-state index in [0.29, 0.717) is 5.41 Å². The van der Waals surface area contributed by atoms with Crippen LogP contribution in [0, 0.1) is 29.1 Å². The maximum Gasteiger partial charge on any atom is 0.131 e. The Balaban J connectivity index is 1.04. The summed E-state index contributed by atoms with van der Waals surface area (Å²) in [5.41, 5.74) is 13.2. The first-order valence-corrected chi connectivity index (χ1v) is 19.2. The van der Waals surface area contributed by atoms with Crippen LogP contribution in [0.1, 0.15) is 88.5 Å². The van der Waals surface area contributed by atoms with Gasteiger partial charge in [-0.25, -0.2) is 0 Å². The first kappa shape index (κ1) is 29.4. The zero-order valence-corrected chi connectivity index (χ0v) is 29.9. The van der Waals surface area contributed by atoms with Crippen LogP contribution in [0.2, 0.25) is 0 Å². The summed E-state index contributed by atoms with van der Waals surface area (Å²) >= 11 is 0. The molecule has 250 valence electrons. The Kier molecular flexibility index (Phi) is 5.72. The average molecular weight is 654 g/mol. The molecule has 6 atom stereocenters. The molecule has 2 heteroatoms. The van der Waals surface area contributed by atoms with Crippen LogP contribution in [0.15, 0.2) is 115 Å². The van der Waals surface area contributed by atoms with Crippen LogP contribution in [-0.2, 0) is 16.2 Å². The van der Waals surface area contributed by atoms with Gasteiger partial charge in [-0.1, -0.05) is 94.4 Å². The largest absolute Gasteiger partial charge is 0.457 e. The van der Waals surface area contributed by atoms with Crippen molar-refractivity contribution in [3.05, 3.63) is 138 Å². The summed E-state index contributed by atoms with van der Waals surface area (Å²) in [6.45, 7) is 9.71. The third-order valence-corrected chi connectivity index (χ3v) is 15.0. The Morgan fingerprint density at radius 3 is 2.08 bits per heavy atom. The Hall–Kier alpha value is -4.30. The van der Waals surface area contributed by atoms with Crippen molar-refractivity contribution in [2.24, 2.45) is 29.1 Å². The van der Waals surface area contributed by atoms with E-state index in [9.17, 15) is 0 Å². The van der Waals surface area contributed by atoms with E-state index in [2.05, 4.69) is 148 Å². The van der Waals surface area contributed by atoms with Crippen LogP contribution >= 0.6 is 0 Å². The Morgan fingerprint density at radius 1 is 0.580 bits per heavy atom. The van der Waals surface area contributed by atoms with Crippen molar-refractivity contribution >= 4 is 17.1 Å². The molecule has 2 spiro atoms. The lowest BCUT2D eigenvalue weighted by Crippen LogP contribution is -2.74. The lowest BCUT2D eigenvalue weighted by Gasteiger charge is -2.77. The molecule has 1 aliphatic heterocycles. The number of ether oxygens (including phenoxy) is 1. The highest BCUT2D eigenvalue weighted by Crippen LogP contribution is 2.89. The summed E-state index contributed by atoms with van der Waals surface area (Å²) in [4.78, 5) is 2.46. The molecule has 2 bridgehead atoms. The quantitative estimate of drug-likeness (QED) is 0.191. The van der Waals surface area contributed by atoms with E-state index in [4.69, 9.17) is 4.74 Å². The minimum absolute atomic E-state index is 0.0606. The molecule has 0 N–H and O–H groups in total. The van der Waals surface area contributed by atoms with Gasteiger partial charge in [0.25, 0.3) is 0 Å². The molecule has 4 fully saturated rings. The topological polar surface area (TPSA) is 12.5 Å². The van der Waals surface area contributed by atoms with Crippen molar-refractivity contribution in [1.29, 1.82) is 0 Å². The van der Waals surface area contributed by atoms with Gasteiger partial charge in [-0.15, -0.1) is 0 Å². The minimum Gasteiger partial charge on any atom is -0.457 e. The lowest BCUT2D eigenvalue weighted by molar-refractivity contribution is -0.235. The summed E-state index contributed by atoms with van der Waals surface area (Å²) in [7, 11) is 0. The molecule has 5 aliphatic carbocycles. The van der Waals surface area contributed by atoms with E-state index in [1.54, 1.807) is 0 Å². The smallest absolute Gasteiger partial charge is 0.131 e. The normalized spacial score (nSPS) is 31.0. The van der Waals surface area contributed by atoms with Crippen molar-refractivity contribution < 1.29 is 4.74 Å². The molecule has 2 nitrogen and oxygen atoms in total. The molecule has 5 aromatic rings. The van der Waals surface area contributed by atoms with Gasteiger partial charge < -0.3 is 9.64 Å². The van der Waals surface area contributed by atoms with E-state index in [0.717, 1.165) is 35.2 Å². The van der Waals surface area contributed by atoms with Gasteiger partial charge in [0.05, 0.1) is 0 Å². The lowest BCUT2D eigenvalue weighted by atomic mass is 9.26. The summed E-state index contributed by atoms with van der Waals surface area (Å²) in [6, 6.07) is 43.4. The zero-order valence-electron chi connectivity index (χ0n) is 29.9. The SMILES string of the molecule is CC1(C)CCC(C)(C)c2c(-c3ccc(N(c4ccccc4)c4ccc5c(c4)C4(c6ccccc6O5)C5CC6CC7CC4C75C6)cc3)cccc21. The van der Waals surface area contributed by atoms with Gasteiger partial charge in [0.15, 0.2) is 0 Å². The second kappa shape index (κ2) is 9.72. The Morgan fingerprint density at radius 2 is 1.26 bits per heavy atom. The fourth-order valence-electron chi connectivity index (χ4n) is 13.0. The summed E-state index contributed by atoms with van der Waals surface area (Å²) < 4.78 is 6.77. The van der Waals surface area contributed by atoms with Gasteiger partial charge in [0.1, 0.15) is 11.5 Å². The fourth-order valence-corrected chi connectivity index (χ4v) is 13.0. The van der Waals surface area contributed by atoms with Crippen molar-refractivity contribution in [1.82, 2.24) is 0 Å². The first-order chi connectivity index (χ1) is 24.2. The van der Waals surface area contributed by atoms with E-state index in [-0.39, 0.29) is 16.2 Å². The highest BCUT2D eigenvalue weighted by Gasteiger charge is 2.84. The summed E-state index contributed by atoms with van der Waals surface area (Å²) in [6.07, 6.45) is 8.14. The van der Waals surface area contributed by atoms with Crippen LogP contribution in [0.3, 0.4) is 0 Å². The van der Waals surface area contributed by atoms with Crippen LogP contribution in [0.4, 0.5) is 17.1 Å². The third kappa shape index (κ3) is 3.56. The molecule has 0 aromatic heterocycles. The highest BCUT2D eigenvalue weighted by atomic mass is 16.5. The number of para-hydroxylation sites is 2. The number of fused-ring (bicyclic) bond motifs is 8. The van der Waals surface area contributed by atoms with Crippen molar-refractivity contribution in [2.45, 2.75) is 82.5 Å². The predicted octanol–water partition coefficient (Wildman–Crippen LogP) is 12.6. The van der Waals surface area contributed by atoms with Crippen molar-refractivity contribution in [2.75, 3.05) is 4.90 Å². The van der Waals surface area contributed by atoms with Crippen LogP contribution in [0.25, 0.3) is 11.1 Å². The molecule has 6 aliphatic rings. The van der Waals surface area contributed by atoms with E-state index >= 15 is 0 Å². The van der Waals surface area contributed by atoms with Crippen LogP contribution in [0.5, 0.6) is 11.5 Å². The molecule has 5 aromatic carbocycles. The first-order valence-electron chi connectivity index (χ1n) is 19.2. The van der Waals surface area contributed by atoms with Gasteiger partial charge in [0.2, 0.25) is 0 Å². The third-order valence-electron chi connectivity index (χ3n) is 15.0. The summed E-state index contributed by atoms with van der Waals surface area (Å²) in [5, 5.41) is 0. The molecule has 4 saturated carbocycles. The maximum atomic E-state index is 6.77. The highest BCUT2D eigenvalue weighted by molar-refractivity contribution is 5.81. The fraction of sp³-hybridized carbons (Fsp3) is 0.375. The number of hydrogen-bond acceptors (Lipinski definition) is 2. The average Bonchev–Trinajstić information content (AvgIpc) is 3.66. The summed E-state index contributed by atoms with van der Waals surface area (Å²) in [5.74, 6) is 5.48. The van der Waals surface area contributed by atoms with E-state index in [1.165, 1.54) is 89.0 Å². The Bertz CT molecular complexity index is 2200. The van der Waals surface area contributed by atoms with Gasteiger partial charge in [0, 0.05) is 33.6 Å². The van der Waals surface area contributed by atoms with Gasteiger partial charge in [-0.3, -0.25) is 0 Å². The molecule has 50 heavy (non-hydrogen) atoms. The standard InChI is InChI=1S/C48H47NO/c1-45(2)23-24-46(3,4)44-36(13-10-15-38(44)45)31-17-19-34(20-18-31)49(33-11-6-5-7-12-33)35-21-22-41-39(28-35)48(37-14-8-9-16-40(37)50-41)42-26-30-25-32-27-43(48)47(32,42)29-30/h5-22,28,30,32,42-43H,23-27,29H2,1-4H3. The molecule has 6 unspecified atom stereocenters. The van der Waals surface area contributed by atoms with Gasteiger partial charge >= 0.3 is 0 Å². The predicted molar refractivity (Wildman–Crippen MR) is 204 cm³/mol. The molecule has 0 amide bonds.